The minimum absolute atomic E-state index is 0.00452. The second-order valence-electron chi connectivity index (χ2n) is 4.19. The molecule has 1 unspecified atom stereocenters. The highest BCUT2D eigenvalue weighted by atomic mass is 16.5. The number of carbonyl (C=O) groups excluding carboxylic acids is 2. The number of carboxylic acids is 1. The van der Waals surface area contributed by atoms with E-state index in [4.69, 9.17) is 10.8 Å². The third kappa shape index (κ3) is 3.79. The van der Waals surface area contributed by atoms with Crippen LogP contribution in [0.3, 0.4) is 0 Å². The van der Waals surface area contributed by atoms with E-state index in [1.54, 1.807) is 6.92 Å². The highest BCUT2D eigenvalue weighted by Crippen LogP contribution is 2.23. The van der Waals surface area contributed by atoms with Crippen molar-refractivity contribution in [2.45, 2.75) is 6.92 Å². The van der Waals surface area contributed by atoms with E-state index in [0.717, 1.165) is 0 Å². The molecule has 0 spiro atoms. The second-order valence-corrected chi connectivity index (χ2v) is 4.19. The summed E-state index contributed by atoms with van der Waals surface area (Å²) in [7, 11) is 0. The molecule has 0 aromatic carbocycles. The number of urea groups is 1. The van der Waals surface area contributed by atoms with Crippen LogP contribution >= 0.6 is 0 Å². The van der Waals surface area contributed by atoms with Gasteiger partial charge in [0.15, 0.2) is 0 Å². The van der Waals surface area contributed by atoms with E-state index < -0.39 is 18.0 Å². The maximum absolute atomic E-state index is 11.5. The number of carboxylic acid groups (broad SMARTS) is 1. The zero-order valence-electron chi connectivity index (χ0n) is 10.1. The molecule has 0 radical (unpaired) electrons. The minimum atomic E-state index is -0.886. The van der Waals surface area contributed by atoms with Gasteiger partial charge in [-0.1, -0.05) is 6.92 Å². The molecule has 0 aromatic rings. The van der Waals surface area contributed by atoms with Gasteiger partial charge in [-0.25, -0.2) is 9.59 Å². The molecule has 102 valence electrons. The van der Waals surface area contributed by atoms with Crippen LogP contribution in [-0.2, 0) is 9.53 Å². The Hall–Kier alpha value is -1.99. The van der Waals surface area contributed by atoms with Crippen molar-refractivity contribution in [1.29, 1.82) is 0 Å². The largest absolute Gasteiger partial charge is 0.481 e. The maximum Gasteiger partial charge on any atom is 0.404 e. The molecule has 1 rings (SSSR count). The number of primary amides is 1. The Labute approximate surface area is 104 Å². The van der Waals surface area contributed by atoms with E-state index in [0.29, 0.717) is 13.1 Å². The van der Waals surface area contributed by atoms with Gasteiger partial charge in [-0.05, 0) is 0 Å². The number of nitrogens with zero attached hydrogens (tertiary/aromatic N) is 1. The van der Waals surface area contributed by atoms with E-state index in [9.17, 15) is 14.4 Å². The summed E-state index contributed by atoms with van der Waals surface area (Å²) in [5, 5.41) is 11.3. The number of nitrogens with one attached hydrogen (secondary N) is 1. The quantitative estimate of drug-likeness (QED) is 0.571. The Morgan fingerprint density at radius 1 is 1.50 bits per heavy atom. The van der Waals surface area contributed by atoms with Crippen LogP contribution in [0.5, 0.6) is 0 Å². The molecule has 0 saturated carbocycles. The van der Waals surface area contributed by atoms with Gasteiger partial charge in [0.1, 0.15) is 6.61 Å². The molecule has 3 amide bonds. The van der Waals surface area contributed by atoms with Crippen molar-refractivity contribution in [2.24, 2.45) is 17.6 Å². The lowest BCUT2D eigenvalue weighted by Gasteiger charge is -2.40. The van der Waals surface area contributed by atoms with Crippen LogP contribution in [0.25, 0.3) is 0 Å². The fourth-order valence-corrected chi connectivity index (χ4v) is 1.62. The van der Waals surface area contributed by atoms with E-state index in [1.807, 2.05) is 0 Å². The first-order valence-electron chi connectivity index (χ1n) is 5.59. The van der Waals surface area contributed by atoms with Gasteiger partial charge in [0, 0.05) is 19.0 Å². The number of carbonyl (C=O) groups is 3. The molecule has 1 aliphatic heterocycles. The third-order valence-corrected chi connectivity index (χ3v) is 2.92. The van der Waals surface area contributed by atoms with Gasteiger partial charge in [0.2, 0.25) is 0 Å². The first kappa shape index (κ1) is 14.1. The number of nitrogens with two attached hydrogens (primary N) is 1. The predicted octanol–water partition coefficient (Wildman–Crippen LogP) is -0.556. The second kappa shape index (κ2) is 6.08. The van der Waals surface area contributed by atoms with E-state index in [2.05, 4.69) is 10.1 Å². The van der Waals surface area contributed by atoms with Crippen molar-refractivity contribution < 1.29 is 24.2 Å². The summed E-state index contributed by atoms with van der Waals surface area (Å²) in [6.45, 7) is 2.68. The van der Waals surface area contributed by atoms with Crippen molar-refractivity contribution in [3.8, 4) is 0 Å². The average Bonchev–Trinajstić information content (AvgIpc) is 2.21. The fourth-order valence-electron chi connectivity index (χ4n) is 1.62. The van der Waals surface area contributed by atoms with Gasteiger partial charge in [0.05, 0.1) is 12.5 Å². The van der Waals surface area contributed by atoms with E-state index in [1.165, 1.54) is 4.90 Å². The number of hydrogen-bond acceptors (Lipinski definition) is 4. The van der Waals surface area contributed by atoms with Gasteiger partial charge in [-0.15, -0.1) is 0 Å². The van der Waals surface area contributed by atoms with Gasteiger partial charge >= 0.3 is 18.1 Å². The summed E-state index contributed by atoms with van der Waals surface area (Å²) in [5.74, 6) is -1.31. The molecule has 1 heterocycles. The van der Waals surface area contributed by atoms with Crippen LogP contribution in [0.4, 0.5) is 9.59 Å². The molecule has 0 aromatic heterocycles. The molecule has 1 aliphatic rings. The zero-order valence-corrected chi connectivity index (χ0v) is 10.1. The molecule has 8 nitrogen and oxygen atoms in total. The number of likely N-dealkylation sites (tertiary alicyclic amines) is 1. The summed E-state index contributed by atoms with van der Waals surface area (Å²) in [6, 6.07) is -0.295. The first-order chi connectivity index (χ1) is 8.41. The van der Waals surface area contributed by atoms with Crippen molar-refractivity contribution in [1.82, 2.24) is 10.2 Å². The number of aliphatic carboxylic acids is 1. The SMILES string of the molecule is CC(C(=O)O)C1CN(C(=O)NCCOC(N)=O)C1. The normalized spacial score (nSPS) is 16.6. The Morgan fingerprint density at radius 2 is 2.11 bits per heavy atom. The van der Waals surface area contributed by atoms with Crippen molar-refractivity contribution in [3.05, 3.63) is 0 Å². The van der Waals surface area contributed by atoms with E-state index in [-0.39, 0.29) is 25.1 Å². The Kier molecular flexibility index (Phi) is 4.75. The van der Waals surface area contributed by atoms with Crippen molar-refractivity contribution in [3.63, 3.8) is 0 Å². The van der Waals surface area contributed by atoms with Crippen molar-refractivity contribution >= 4 is 18.1 Å². The maximum atomic E-state index is 11.5. The van der Waals surface area contributed by atoms with Crippen LogP contribution in [0, 0.1) is 11.8 Å². The zero-order chi connectivity index (χ0) is 13.7. The third-order valence-electron chi connectivity index (χ3n) is 2.92. The molecular weight excluding hydrogens is 242 g/mol. The van der Waals surface area contributed by atoms with Crippen LogP contribution < -0.4 is 11.1 Å². The molecule has 18 heavy (non-hydrogen) atoms. The number of ether oxygens (including phenoxy) is 1. The Bertz CT molecular complexity index is 340. The lowest BCUT2D eigenvalue weighted by atomic mass is 9.87. The standard InChI is InChI=1S/C10H17N3O5/c1-6(8(14)15)7-4-13(5-7)10(17)12-2-3-18-9(11)16/h6-7H,2-5H2,1H3,(H2,11,16)(H,12,17)(H,14,15). The molecule has 1 fully saturated rings. The van der Waals surface area contributed by atoms with Crippen LogP contribution in [0.2, 0.25) is 0 Å². The van der Waals surface area contributed by atoms with E-state index >= 15 is 0 Å². The number of amides is 3. The topological polar surface area (TPSA) is 122 Å². The molecule has 0 bridgehead atoms. The molecular formula is C10H17N3O5. The molecule has 4 N–H and O–H groups in total. The van der Waals surface area contributed by atoms with Gasteiger partial charge < -0.3 is 25.8 Å². The Morgan fingerprint density at radius 3 is 2.61 bits per heavy atom. The molecule has 0 aliphatic carbocycles. The molecule has 1 atom stereocenters. The smallest absolute Gasteiger partial charge is 0.404 e. The first-order valence-corrected chi connectivity index (χ1v) is 5.59. The number of rotatable bonds is 5. The Balaban J connectivity index is 2.15. The monoisotopic (exact) mass is 259 g/mol. The lowest BCUT2D eigenvalue weighted by Crippen LogP contribution is -2.56. The summed E-state index contributed by atoms with van der Waals surface area (Å²) >= 11 is 0. The fraction of sp³-hybridized carbons (Fsp3) is 0.700. The van der Waals surface area contributed by atoms with Gasteiger partial charge in [0.25, 0.3) is 0 Å². The van der Waals surface area contributed by atoms with Gasteiger partial charge in [-0.2, -0.15) is 0 Å². The summed E-state index contributed by atoms with van der Waals surface area (Å²) < 4.78 is 4.44. The van der Waals surface area contributed by atoms with Crippen LogP contribution in [-0.4, -0.2) is 54.3 Å². The van der Waals surface area contributed by atoms with Gasteiger partial charge in [-0.3, -0.25) is 4.79 Å². The summed E-state index contributed by atoms with van der Waals surface area (Å²) in [6.07, 6.45) is -0.886. The molecule has 8 heteroatoms. The summed E-state index contributed by atoms with van der Waals surface area (Å²) in [4.78, 5) is 34.0. The highest BCUT2D eigenvalue weighted by molar-refractivity contribution is 5.76. The predicted molar refractivity (Wildman–Crippen MR) is 60.8 cm³/mol. The average molecular weight is 259 g/mol. The minimum Gasteiger partial charge on any atom is -0.481 e. The lowest BCUT2D eigenvalue weighted by molar-refractivity contribution is -0.144. The van der Waals surface area contributed by atoms with Crippen LogP contribution in [0.15, 0.2) is 0 Å². The summed E-state index contributed by atoms with van der Waals surface area (Å²) in [5.41, 5.74) is 4.75. The van der Waals surface area contributed by atoms with Crippen LogP contribution in [0.1, 0.15) is 6.92 Å². The highest BCUT2D eigenvalue weighted by Gasteiger charge is 2.36. The number of hydrogen-bond donors (Lipinski definition) is 3. The van der Waals surface area contributed by atoms with Crippen molar-refractivity contribution in [2.75, 3.05) is 26.2 Å². The molecule has 1 saturated heterocycles.